The molecule has 1 atom stereocenters. The van der Waals surface area contributed by atoms with E-state index in [2.05, 4.69) is 38.1 Å². The van der Waals surface area contributed by atoms with Crippen LogP contribution in [0, 0.1) is 6.92 Å². The maximum Gasteiger partial charge on any atom is -0.00715 e. The minimum Gasteiger partial charge on any atom is -0.330 e. The van der Waals surface area contributed by atoms with Gasteiger partial charge in [-0.25, -0.2) is 0 Å². The summed E-state index contributed by atoms with van der Waals surface area (Å²) in [6.07, 6.45) is 1.07. The minimum atomic E-state index is 0.593. The molecule has 1 heteroatoms. The predicted molar refractivity (Wildman–Crippen MR) is 53.3 cm³/mol. The fourth-order valence-electron chi connectivity index (χ4n) is 1.31. The molecule has 1 aromatic carbocycles. The molecule has 0 saturated heterocycles. The highest BCUT2D eigenvalue weighted by atomic mass is 14.5. The second-order valence-corrected chi connectivity index (χ2v) is 3.39. The van der Waals surface area contributed by atoms with Crippen LogP contribution in [0.5, 0.6) is 0 Å². The van der Waals surface area contributed by atoms with Crippen LogP contribution in [-0.4, -0.2) is 6.54 Å². The molecule has 0 aromatic heterocycles. The molecule has 0 amide bonds. The number of nitrogens with two attached hydrogens (primary N) is 1. The average Bonchev–Trinajstić information content (AvgIpc) is 2.06. The first-order chi connectivity index (χ1) is 5.74. The van der Waals surface area contributed by atoms with E-state index in [1.807, 2.05) is 0 Å². The highest BCUT2D eigenvalue weighted by molar-refractivity contribution is 5.23. The number of rotatable bonds is 3. The molecule has 0 aliphatic heterocycles. The normalized spacial score (nSPS) is 12.9. The summed E-state index contributed by atoms with van der Waals surface area (Å²) in [5.74, 6) is 0.593. The number of aryl methyl sites for hydroxylation is 1. The number of hydrogen-bond donors (Lipinski definition) is 1. The van der Waals surface area contributed by atoms with Crippen LogP contribution in [0.15, 0.2) is 24.3 Å². The highest BCUT2D eigenvalue weighted by Gasteiger charge is 2.02. The van der Waals surface area contributed by atoms with Crippen molar-refractivity contribution < 1.29 is 0 Å². The molecular weight excluding hydrogens is 146 g/mol. The summed E-state index contributed by atoms with van der Waals surface area (Å²) in [5, 5.41) is 0. The van der Waals surface area contributed by atoms with E-state index in [-0.39, 0.29) is 0 Å². The van der Waals surface area contributed by atoms with Crippen molar-refractivity contribution in [3.63, 3.8) is 0 Å². The van der Waals surface area contributed by atoms with Crippen LogP contribution >= 0.6 is 0 Å². The molecule has 0 aliphatic rings. The van der Waals surface area contributed by atoms with Gasteiger partial charge in [-0.2, -0.15) is 0 Å². The van der Waals surface area contributed by atoms with Gasteiger partial charge < -0.3 is 5.73 Å². The van der Waals surface area contributed by atoms with Gasteiger partial charge in [0.25, 0.3) is 0 Å². The van der Waals surface area contributed by atoms with Crippen LogP contribution in [0.4, 0.5) is 0 Å². The van der Waals surface area contributed by atoms with Crippen molar-refractivity contribution >= 4 is 0 Å². The van der Waals surface area contributed by atoms with E-state index in [1.54, 1.807) is 0 Å². The minimum absolute atomic E-state index is 0.593. The summed E-state index contributed by atoms with van der Waals surface area (Å²) in [6.45, 7) is 5.10. The lowest BCUT2D eigenvalue weighted by atomic mass is 9.97. The third-order valence-electron chi connectivity index (χ3n) is 2.25. The zero-order valence-electron chi connectivity index (χ0n) is 7.88. The molecule has 12 heavy (non-hydrogen) atoms. The van der Waals surface area contributed by atoms with Gasteiger partial charge in [0.15, 0.2) is 0 Å². The van der Waals surface area contributed by atoms with Gasteiger partial charge in [0.05, 0.1) is 0 Å². The Morgan fingerprint density at radius 3 is 2.33 bits per heavy atom. The Labute approximate surface area is 74.6 Å². The van der Waals surface area contributed by atoms with Crippen molar-refractivity contribution in [2.24, 2.45) is 5.73 Å². The Balaban J connectivity index is 2.68. The fraction of sp³-hybridized carbons (Fsp3) is 0.455. The van der Waals surface area contributed by atoms with Gasteiger partial charge in [0.2, 0.25) is 0 Å². The molecule has 0 radical (unpaired) electrons. The lowest BCUT2D eigenvalue weighted by Crippen LogP contribution is -2.04. The molecular formula is C11H17N. The lowest BCUT2D eigenvalue weighted by molar-refractivity contribution is 0.690. The van der Waals surface area contributed by atoms with Crippen LogP contribution in [0.2, 0.25) is 0 Å². The van der Waals surface area contributed by atoms with Gasteiger partial charge in [0, 0.05) is 0 Å². The van der Waals surface area contributed by atoms with Gasteiger partial charge >= 0.3 is 0 Å². The molecule has 66 valence electrons. The fourth-order valence-corrected chi connectivity index (χ4v) is 1.31. The smallest absolute Gasteiger partial charge is 0.00715 e. The lowest BCUT2D eigenvalue weighted by Gasteiger charge is -2.09. The van der Waals surface area contributed by atoms with Gasteiger partial charge in [-0.05, 0) is 31.4 Å². The van der Waals surface area contributed by atoms with Crippen molar-refractivity contribution in [2.75, 3.05) is 6.54 Å². The molecule has 0 spiro atoms. The van der Waals surface area contributed by atoms with Gasteiger partial charge in [0.1, 0.15) is 0 Å². The molecule has 0 aliphatic carbocycles. The first-order valence-electron chi connectivity index (χ1n) is 4.50. The number of benzene rings is 1. The summed E-state index contributed by atoms with van der Waals surface area (Å²) < 4.78 is 0. The molecule has 0 saturated carbocycles. The van der Waals surface area contributed by atoms with Crippen LogP contribution in [0.1, 0.15) is 30.4 Å². The van der Waals surface area contributed by atoms with Crippen LogP contribution in [0.25, 0.3) is 0 Å². The zero-order chi connectivity index (χ0) is 8.97. The van der Waals surface area contributed by atoms with Crippen molar-refractivity contribution in [1.29, 1.82) is 0 Å². The van der Waals surface area contributed by atoms with Crippen molar-refractivity contribution in [3.05, 3.63) is 35.4 Å². The van der Waals surface area contributed by atoms with Crippen molar-refractivity contribution in [2.45, 2.75) is 26.2 Å². The summed E-state index contributed by atoms with van der Waals surface area (Å²) >= 11 is 0. The van der Waals surface area contributed by atoms with E-state index < -0.39 is 0 Å². The predicted octanol–water partition coefficient (Wildman–Crippen LogP) is 2.45. The quantitative estimate of drug-likeness (QED) is 0.727. The van der Waals surface area contributed by atoms with Crippen molar-refractivity contribution in [1.82, 2.24) is 0 Å². The van der Waals surface area contributed by atoms with Gasteiger partial charge in [-0.1, -0.05) is 36.8 Å². The van der Waals surface area contributed by atoms with Crippen molar-refractivity contribution in [3.8, 4) is 0 Å². The standard InChI is InChI=1S/C11H17N/c1-9-3-5-11(6-4-9)10(2)7-8-12/h3-6,10H,7-8,12H2,1-2H3/t10-/m0/s1. The summed E-state index contributed by atoms with van der Waals surface area (Å²) in [5.41, 5.74) is 8.21. The molecule has 0 heterocycles. The Bertz CT molecular complexity index is 225. The Morgan fingerprint density at radius 1 is 1.25 bits per heavy atom. The molecule has 2 N–H and O–H groups in total. The first kappa shape index (κ1) is 9.27. The Morgan fingerprint density at radius 2 is 1.83 bits per heavy atom. The van der Waals surface area contributed by atoms with Gasteiger partial charge in [-0.3, -0.25) is 0 Å². The van der Waals surface area contributed by atoms with E-state index >= 15 is 0 Å². The summed E-state index contributed by atoms with van der Waals surface area (Å²) in [7, 11) is 0. The van der Waals surface area contributed by atoms with Crippen LogP contribution in [-0.2, 0) is 0 Å². The molecule has 1 nitrogen and oxygen atoms in total. The molecule has 0 fully saturated rings. The topological polar surface area (TPSA) is 26.0 Å². The SMILES string of the molecule is Cc1ccc([C@@H](C)CCN)cc1. The summed E-state index contributed by atoms with van der Waals surface area (Å²) in [4.78, 5) is 0. The first-order valence-corrected chi connectivity index (χ1v) is 4.50. The van der Waals surface area contributed by atoms with E-state index in [9.17, 15) is 0 Å². The van der Waals surface area contributed by atoms with E-state index in [4.69, 9.17) is 5.73 Å². The summed E-state index contributed by atoms with van der Waals surface area (Å²) in [6, 6.07) is 8.69. The third-order valence-corrected chi connectivity index (χ3v) is 2.25. The van der Waals surface area contributed by atoms with E-state index in [0.29, 0.717) is 5.92 Å². The maximum absolute atomic E-state index is 5.50. The third kappa shape index (κ3) is 2.35. The molecule has 1 rings (SSSR count). The second-order valence-electron chi connectivity index (χ2n) is 3.39. The zero-order valence-corrected chi connectivity index (χ0v) is 7.88. The molecule has 0 unspecified atom stereocenters. The Hall–Kier alpha value is -0.820. The second kappa shape index (κ2) is 4.27. The number of hydrogen-bond acceptors (Lipinski definition) is 1. The Kier molecular flexibility index (Phi) is 3.30. The molecule has 0 bridgehead atoms. The monoisotopic (exact) mass is 163 g/mol. The van der Waals surface area contributed by atoms with Crippen LogP contribution in [0.3, 0.4) is 0 Å². The highest BCUT2D eigenvalue weighted by Crippen LogP contribution is 2.18. The molecule has 1 aromatic rings. The van der Waals surface area contributed by atoms with E-state index in [0.717, 1.165) is 13.0 Å². The van der Waals surface area contributed by atoms with Gasteiger partial charge in [-0.15, -0.1) is 0 Å². The maximum atomic E-state index is 5.50. The van der Waals surface area contributed by atoms with Crippen LogP contribution < -0.4 is 5.73 Å². The largest absolute Gasteiger partial charge is 0.330 e. The average molecular weight is 163 g/mol. The van der Waals surface area contributed by atoms with E-state index in [1.165, 1.54) is 11.1 Å².